The van der Waals surface area contributed by atoms with Crippen molar-refractivity contribution in [2.24, 2.45) is 0 Å². The molecule has 2 aromatic heterocycles. The van der Waals surface area contributed by atoms with E-state index < -0.39 is 0 Å². The lowest BCUT2D eigenvalue weighted by Crippen LogP contribution is -2.47. The first-order valence-corrected chi connectivity index (χ1v) is 7.72. The molecule has 1 saturated heterocycles. The zero-order valence-corrected chi connectivity index (χ0v) is 13.6. The molecule has 1 fully saturated rings. The Morgan fingerprint density at radius 3 is 2.91 bits per heavy atom. The minimum Gasteiger partial charge on any atom is -0.333 e. The van der Waals surface area contributed by atoms with Gasteiger partial charge in [0, 0.05) is 24.8 Å². The van der Waals surface area contributed by atoms with Crippen molar-refractivity contribution >= 4 is 17.2 Å². The molecule has 1 N–H and O–H groups in total. The van der Waals surface area contributed by atoms with Crippen LogP contribution in [0.1, 0.15) is 39.1 Å². The molecular weight excluding hydrogens is 278 g/mol. The van der Waals surface area contributed by atoms with Crippen molar-refractivity contribution in [2.45, 2.75) is 45.7 Å². The van der Waals surface area contributed by atoms with Crippen molar-refractivity contribution in [1.82, 2.24) is 24.8 Å². The van der Waals surface area contributed by atoms with E-state index in [1.54, 1.807) is 6.20 Å². The fraction of sp³-hybridized carbons (Fsp3) is 0.562. The molecule has 0 saturated carbocycles. The normalized spacial score (nSPS) is 18.9. The molecule has 6 heteroatoms. The minimum atomic E-state index is -0.214. The van der Waals surface area contributed by atoms with E-state index in [4.69, 9.17) is 0 Å². The summed E-state index contributed by atoms with van der Waals surface area (Å²) in [5, 5.41) is 3.03. The highest BCUT2D eigenvalue weighted by molar-refractivity contribution is 5.75. The van der Waals surface area contributed by atoms with Crippen LogP contribution in [0.3, 0.4) is 0 Å². The molecule has 0 radical (unpaired) electrons. The standard InChI is InChI=1S/C16H23N5O/c1-11-18-13-6-5-8-17-14(13)21(11)12-7-9-20(10-12)15(22)19-16(2,3)4/h5-6,8,12H,7,9-10H2,1-4H3,(H,19,22). The second-order valence-electron chi connectivity index (χ2n) is 6.94. The van der Waals surface area contributed by atoms with Crippen LogP contribution in [-0.4, -0.2) is 44.1 Å². The summed E-state index contributed by atoms with van der Waals surface area (Å²) in [7, 11) is 0. The van der Waals surface area contributed by atoms with Gasteiger partial charge in [0.05, 0.1) is 6.04 Å². The minimum absolute atomic E-state index is 0.00466. The highest BCUT2D eigenvalue weighted by Gasteiger charge is 2.30. The van der Waals surface area contributed by atoms with E-state index >= 15 is 0 Å². The Morgan fingerprint density at radius 2 is 2.18 bits per heavy atom. The van der Waals surface area contributed by atoms with E-state index in [9.17, 15) is 4.79 Å². The first-order chi connectivity index (χ1) is 10.3. The van der Waals surface area contributed by atoms with Gasteiger partial charge in [-0.05, 0) is 46.2 Å². The quantitative estimate of drug-likeness (QED) is 0.880. The van der Waals surface area contributed by atoms with Crippen LogP contribution < -0.4 is 5.32 Å². The number of carbonyl (C=O) groups excluding carboxylic acids is 1. The zero-order valence-electron chi connectivity index (χ0n) is 13.6. The Kier molecular flexibility index (Phi) is 3.54. The number of nitrogens with one attached hydrogen (secondary N) is 1. The van der Waals surface area contributed by atoms with Crippen molar-refractivity contribution in [3.05, 3.63) is 24.2 Å². The molecule has 0 spiro atoms. The molecule has 22 heavy (non-hydrogen) atoms. The summed E-state index contributed by atoms with van der Waals surface area (Å²) < 4.78 is 2.17. The van der Waals surface area contributed by atoms with Crippen LogP contribution >= 0.6 is 0 Å². The van der Waals surface area contributed by atoms with E-state index in [-0.39, 0.29) is 17.6 Å². The van der Waals surface area contributed by atoms with Crippen molar-refractivity contribution in [3.8, 4) is 0 Å². The third-order valence-electron chi connectivity index (χ3n) is 3.92. The number of rotatable bonds is 1. The van der Waals surface area contributed by atoms with Crippen LogP contribution in [0.4, 0.5) is 4.79 Å². The third-order valence-corrected chi connectivity index (χ3v) is 3.92. The second-order valence-corrected chi connectivity index (χ2v) is 6.94. The molecule has 1 unspecified atom stereocenters. The first kappa shape index (κ1) is 14.8. The number of hydrogen-bond acceptors (Lipinski definition) is 3. The van der Waals surface area contributed by atoms with Gasteiger partial charge in [-0.15, -0.1) is 0 Å². The lowest BCUT2D eigenvalue weighted by atomic mass is 10.1. The number of imidazole rings is 1. The average molecular weight is 301 g/mol. The molecule has 2 amide bonds. The Balaban J connectivity index is 1.80. The number of urea groups is 1. The maximum absolute atomic E-state index is 12.3. The van der Waals surface area contributed by atoms with E-state index in [2.05, 4.69) is 19.9 Å². The van der Waals surface area contributed by atoms with E-state index in [1.165, 1.54) is 0 Å². The highest BCUT2D eigenvalue weighted by atomic mass is 16.2. The molecule has 0 aliphatic carbocycles. The Morgan fingerprint density at radius 1 is 1.41 bits per heavy atom. The Hall–Kier alpha value is -2.11. The number of hydrogen-bond donors (Lipinski definition) is 1. The number of pyridine rings is 1. The maximum atomic E-state index is 12.3. The summed E-state index contributed by atoms with van der Waals surface area (Å²) in [6.07, 6.45) is 2.72. The average Bonchev–Trinajstić information content (AvgIpc) is 2.99. The van der Waals surface area contributed by atoms with Gasteiger partial charge in [0.2, 0.25) is 0 Å². The number of aryl methyl sites for hydroxylation is 1. The third kappa shape index (κ3) is 2.77. The van der Waals surface area contributed by atoms with Gasteiger partial charge in [-0.1, -0.05) is 0 Å². The van der Waals surface area contributed by atoms with Crippen molar-refractivity contribution in [2.75, 3.05) is 13.1 Å². The summed E-state index contributed by atoms with van der Waals surface area (Å²) in [4.78, 5) is 23.2. The number of nitrogens with zero attached hydrogens (tertiary/aromatic N) is 4. The predicted octanol–water partition coefficient (Wildman–Crippen LogP) is 2.49. The summed E-state index contributed by atoms with van der Waals surface area (Å²) in [6, 6.07) is 4.12. The van der Waals surface area contributed by atoms with Crippen LogP contribution in [0.2, 0.25) is 0 Å². The monoisotopic (exact) mass is 301 g/mol. The number of likely N-dealkylation sites (tertiary alicyclic amines) is 1. The van der Waals surface area contributed by atoms with Crippen LogP contribution in [0.5, 0.6) is 0 Å². The van der Waals surface area contributed by atoms with Gasteiger partial charge < -0.3 is 14.8 Å². The van der Waals surface area contributed by atoms with Gasteiger partial charge in [-0.3, -0.25) is 0 Å². The summed E-state index contributed by atoms with van der Waals surface area (Å²) >= 11 is 0. The van der Waals surface area contributed by atoms with Gasteiger partial charge >= 0.3 is 6.03 Å². The molecule has 3 rings (SSSR count). The number of amides is 2. The maximum Gasteiger partial charge on any atom is 0.317 e. The van der Waals surface area contributed by atoms with Gasteiger partial charge in [0.25, 0.3) is 0 Å². The van der Waals surface area contributed by atoms with Crippen molar-refractivity contribution in [3.63, 3.8) is 0 Å². The zero-order chi connectivity index (χ0) is 15.9. The predicted molar refractivity (Wildman–Crippen MR) is 85.8 cm³/mol. The van der Waals surface area contributed by atoms with Crippen LogP contribution in [-0.2, 0) is 0 Å². The highest BCUT2D eigenvalue weighted by Crippen LogP contribution is 2.27. The van der Waals surface area contributed by atoms with Gasteiger partial charge in [0.15, 0.2) is 5.65 Å². The van der Waals surface area contributed by atoms with Gasteiger partial charge in [-0.25, -0.2) is 14.8 Å². The van der Waals surface area contributed by atoms with Crippen LogP contribution in [0.25, 0.3) is 11.2 Å². The number of carbonyl (C=O) groups is 1. The smallest absolute Gasteiger partial charge is 0.317 e. The number of fused-ring (bicyclic) bond motifs is 1. The first-order valence-electron chi connectivity index (χ1n) is 7.72. The SMILES string of the molecule is Cc1nc2cccnc2n1C1CCN(C(=O)NC(C)(C)C)C1. The fourth-order valence-electron chi connectivity index (χ4n) is 3.02. The van der Waals surface area contributed by atoms with E-state index in [0.717, 1.165) is 30.0 Å². The number of aromatic nitrogens is 3. The largest absolute Gasteiger partial charge is 0.333 e. The van der Waals surface area contributed by atoms with Crippen molar-refractivity contribution in [1.29, 1.82) is 0 Å². The summed E-state index contributed by atoms with van der Waals surface area (Å²) in [5.74, 6) is 0.955. The van der Waals surface area contributed by atoms with E-state index in [1.807, 2.05) is 44.7 Å². The molecular formula is C16H23N5O. The molecule has 0 bridgehead atoms. The topological polar surface area (TPSA) is 63.1 Å². The molecule has 3 heterocycles. The van der Waals surface area contributed by atoms with Crippen molar-refractivity contribution < 1.29 is 4.79 Å². The van der Waals surface area contributed by atoms with Crippen LogP contribution in [0, 0.1) is 6.92 Å². The lowest BCUT2D eigenvalue weighted by molar-refractivity contribution is 0.197. The molecule has 1 aliphatic rings. The molecule has 1 atom stereocenters. The van der Waals surface area contributed by atoms with Crippen LogP contribution in [0.15, 0.2) is 18.3 Å². The second kappa shape index (κ2) is 5.26. The van der Waals surface area contributed by atoms with E-state index in [0.29, 0.717) is 6.54 Å². The Bertz CT molecular complexity index is 700. The molecule has 0 aromatic carbocycles. The molecule has 2 aromatic rings. The Labute approximate surface area is 130 Å². The van der Waals surface area contributed by atoms with Gasteiger partial charge in [0.1, 0.15) is 11.3 Å². The molecule has 6 nitrogen and oxygen atoms in total. The molecule has 1 aliphatic heterocycles. The fourth-order valence-corrected chi connectivity index (χ4v) is 3.02. The van der Waals surface area contributed by atoms with Gasteiger partial charge in [-0.2, -0.15) is 0 Å². The summed E-state index contributed by atoms with van der Waals surface area (Å²) in [5.41, 5.74) is 1.61. The molecule has 118 valence electrons. The summed E-state index contributed by atoms with van der Waals surface area (Å²) in [6.45, 7) is 9.45. The lowest BCUT2D eigenvalue weighted by Gasteiger charge is -2.25.